The first kappa shape index (κ1) is 17.2. The third kappa shape index (κ3) is 4.35. The number of nitrogens with zero attached hydrogens (tertiary/aromatic N) is 1. The molecule has 0 aliphatic carbocycles. The molecule has 2 N–H and O–H groups in total. The van der Waals surface area contributed by atoms with Crippen molar-refractivity contribution in [1.29, 1.82) is 0 Å². The standard InChI is InChI=1S/C14H20ClN3O.ClH/c1-10-8-16-6-7-18(10)9-14(19)17-13-5-3-4-12(15)11(13)2;/h3-5,10,16H,6-9H2,1-2H3,(H,17,19);1H/t10-;/m0./s1. The summed E-state index contributed by atoms with van der Waals surface area (Å²) in [6.07, 6.45) is 0. The number of hydrogen-bond donors (Lipinski definition) is 2. The number of nitrogens with one attached hydrogen (secondary N) is 2. The van der Waals surface area contributed by atoms with Crippen LogP contribution < -0.4 is 10.6 Å². The van der Waals surface area contributed by atoms with Crippen molar-refractivity contribution < 1.29 is 4.79 Å². The van der Waals surface area contributed by atoms with Gasteiger partial charge in [-0.25, -0.2) is 0 Å². The first-order valence-corrected chi connectivity index (χ1v) is 6.95. The number of benzene rings is 1. The Morgan fingerprint density at radius 2 is 2.30 bits per heavy atom. The van der Waals surface area contributed by atoms with E-state index in [9.17, 15) is 4.79 Å². The fourth-order valence-electron chi connectivity index (χ4n) is 2.24. The molecular formula is C14H21Cl2N3O. The fraction of sp³-hybridized carbons (Fsp3) is 0.500. The molecule has 1 aromatic carbocycles. The van der Waals surface area contributed by atoms with E-state index in [2.05, 4.69) is 22.5 Å². The van der Waals surface area contributed by atoms with E-state index in [0.29, 0.717) is 17.6 Å². The highest BCUT2D eigenvalue weighted by Crippen LogP contribution is 2.22. The predicted molar refractivity (Wildman–Crippen MR) is 86.0 cm³/mol. The van der Waals surface area contributed by atoms with Gasteiger partial charge in [0.05, 0.1) is 6.54 Å². The summed E-state index contributed by atoms with van der Waals surface area (Å²) in [5.74, 6) is 0.0131. The van der Waals surface area contributed by atoms with E-state index >= 15 is 0 Å². The number of halogens is 2. The summed E-state index contributed by atoms with van der Waals surface area (Å²) in [6.45, 7) is 7.24. The monoisotopic (exact) mass is 317 g/mol. The largest absolute Gasteiger partial charge is 0.325 e. The van der Waals surface area contributed by atoms with Gasteiger partial charge >= 0.3 is 0 Å². The van der Waals surface area contributed by atoms with E-state index in [1.54, 1.807) is 0 Å². The van der Waals surface area contributed by atoms with E-state index in [1.165, 1.54) is 0 Å². The van der Waals surface area contributed by atoms with Crippen molar-refractivity contribution in [2.45, 2.75) is 19.9 Å². The summed E-state index contributed by atoms with van der Waals surface area (Å²) >= 11 is 6.04. The van der Waals surface area contributed by atoms with E-state index in [4.69, 9.17) is 11.6 Å². The lowest BCUT2D eigenvalue weighted by Gasteiger charge is -2.33. The average Bonchev–Trinajstić information content (AvgIpc) is 2.38. The van der Waals surface area contributed by atoms with E-state index in [1.807, 2.05) is 25.1 Å². The summed E-state index contributed by atoms with van der Waals surface area (Å²) in [5, 5.41) is 6.92. The number of piperazine rings is 1. The number of hydrogen-bond acceptors (Lipinski definition) is 3. The number of carbonyl (C=O) groups excluding carboxylic acids is 1. The van der Waals surface area contributed by atoms with Crippen molar-refractivity contribution in [3.63, 3.8) is 0 Å². The van der Waals surface area contributed by atoms with Crippen LogP contribution in [-0.2, 0) is 4.79 Å². The van der Waals surface area contributed by atoms with Crippen molar-refractivity contribution in [1.82, 2.24) is 10.2 Å². The van der Waals surface area contributed by atoms with Crippen LogP contribution >= 0.6 is 24.0 Å². The topological polar surface area (TPSA) is 44.4 Å². The molecule has 0 aromatic heterocycles. The molecule has 1 aliphatic heterocycles. The van der Waals surface area contributed by atoms with E-state index in [-0.39, 0.29) is 18.3 Å². The molecule has 0 bridgehead atoms. The minimum atomic E-state index is 0. The van der Waals surface area contributed by atoms with Crippen molar-refractivity contribution in [2.75, 3.05) is 31.5 Å². The second-order valence-corrected chi connectivity index (χ2v) is 5.39. The van der Waals surface area contributed by atoms with Crippen LogP contribution in [0.4, 0.5) is 5.69 Å². The summed E-state index contributed by atoms with van der Waals surface area (Å²) in [4.78, 5) is 14.3. The molecule has 1 aromatic rings. The Balaban J connectivity index is 0.00000200. The molecule has 1 aliphatic rings. The Bertz CT molecular complexity index is 468. The van der Waals surface area contributed by atoms with Gasteiger partial charge in [0, 0.05) is 36.4 Å². The lowest BCUT2D eigenvalue weighted by Crippen LogP contribution is -2.52. The molecular weight excluding hydrogens is 297 g/mol. The molecule has 4 nitrogen and oxygen atoms in total. The highest BCUT2D eigenvalue weighted by Gasteiger charge is 2.20. The normalized spacial score (nSPS) is 19.2. The van der Waals surface area contributed by atoms with Crippen LogP contribution in [0.2, 0.25) is 5.02 Å². The summed E-state index contributed by atoms with van der Waals surface area (Å²) in [6, 6.07) is 5.93. The molecule has 0 saturated carbocycles. The van der Waals surface area contributed by atoms with Gasteiger partial charge < -0.3 is 10.6 Å². The Labute approximate surface area is 131 Å². The minimum absolute atomic E-state index is 0. The Kier molecular flexibility index (Phi) is 6.76. The predicted octanol–water partition coefficient (Wildman–Crippen LogP) is 2.30. The highest BCUT2D eigenvalue weighted by atomic mass is 35.5. The van der Waals surface area contributed by atoms with Crippen molar-refractivity contribution >= 4 is 35.6 Å². The summed E-state index contributed by atoms with van der Waals surface area (Å²) in [7, 11) is 0. The summed E-state index contributed by atoms with van der Waals surface area (Å²) in [5.41, 5.74) is 1.70. The fourth-order valence-corrected chi connectivity index (χ4v) is 2.41. The van der Waals surface area contributed by atoms with Crippen LogP contribution in [0.1, 0.15) is 12.5 Å². The number of anilines is 1. The lowest BCUT2D eigenvalue weighted by molar-refractivity contribution is -0.118. The molecule has 0 radical (unpaired) electrons. The van der Waals surface area contributed by atoms with Gasteiger partial charge in [-0.15, -0.1) is 12.4 Å². The van der Waals surface area contributed by atoms with E-state index < -0.39 is 0 Å². The van der Waals surface area contributed by atoms with Crippen LogP contribution in [0, 0.1) is 6.92 Å². The minimum Gasteiger partial charge on any atom is -0.325 e. The molecule has 0 spiro atoms. The van der Waals surface area contributed by atoms with Gasteiger partial charge in [0.15, 0.2) is 0 Å². The zero-order valence-corrected chi connectivity index (χ0v) is 13.4. The first-order chi connectivity index (χ1) is 9.08. The van der Waals surface area contributed by atoms with Gasteiger partial charge in [-0.2, -0.15) is 0 Å². The van der Waals surface area contributed by atoms with Gasteiger partial charge in [-0.1, -0.05) is 17.7 Å². The third-order valence-electron chi connectivity index (χ3n) is 3.53. The molecule has 1 saturated heterocycles. The van der Waals surface area contributed by atoms with Crippen LogP contribution in [0.25, 0.3) is 0 Å². The zero-order valence-electron chi connectivity index (χ0n) is 11.8. The van der Waals surface area contributed by atoms with Gasteiger partial charge in [-0.05, 0) is 31.5 Å². The maximum Gasteiger partial charge on any atom is 0.238 e. The second-order valence-electron chi connectivity index (χ2n) is 4.98. The Morgan fingerprint density at radius 1 is 1.55 bits per heavy atom. The van der Waals surface area contributed by atoms with Crippen molar-refractivity contribution in [3.8, 4) is 0 Å². The average molecular weight is 318 g/mol. The van der Waals surface area contributed by atoms with Crippen LogP contribution in [0.3, 0.4) is 0 Å². The SMILES string of the molecule is Cc1c(Cl)cccc1NC(=O)CN1CCNC[C@@H]1C.Cl. The maximum absolute atomic E-state index is 12.1. The molecule has 0 unspecified atom stereocenters. The molecule has 2 rings (SSSR count). The van der Waals surface area contributed by atoms with Crippen LogP contribution in [-0.4, -0.2) is 43.0 Å². The zero-order chi connectivity index (χ0) is 13.8. The number of rotatable bonds is 3. The molecule has 1 heterocycles. The van der Waals surface area contributed by atoms with Crippen LogP contribution in [0.15, 0.2) is 18.2 Å². The van der Waals surface area contributed by atoms with Crippen molar-refractivity contribution in [2.24, 2.45) is 0 Å². The number of carbonyl (C=O) groups is 1. The molecule has 112 valence electrons. The van der Waals surface area contributed by atoms with Gasteiger partial charge in [0.1, 0.15) is 0 Å². The summed E-state index contributed by atoms with van der Waals surface area (Å²) < 4.78 is 0. The molecule has 20 heavy (non-hydrogen) atoms. The second kappa shape index (κ2) is 7.84. The Morgan fingerprint density at radius 3 is 3.00 bits per heavy atom. The number of amides is 1. The molecule has 1 fully saturated rings. The molecule has 1 atom stereocenters. The highest BCUT2D eigenvalue weighted by molar-refractivity contribution is 6.31. The molecule has 6 heteroatoms. The Hall–Kier alpha value is -0.810. The quantitative estimate of drug-likeness (QED) is 0.899. The van der Waals surface area contributed by atoms with Gasteiger partial charge in [0.25, 0.3) is 0 Å². The lowest BCUT2D eigenvalue weighted by atomic mass is 10.2. The first-order valence-electron chi connectivity index (χ1n) is 6.57. The van der Waals surface area contributed by atoms with Crippen molar-refractivity contribution in [3.05, 3.63) is 28.8 Å². The third-order valence-corrected chi connectivity index (χ3v) is 3.94. The molecule has 1 amide bonds. The van der Waals surface area contributed by atoms with E-state index in [0.717, 1.165) is 30.9 Å². The van der Waals surface area contributed by atoms with Crippen LogP contribution in [0.5, 0.6) is 0 Å². The smallest absolute Gasteiger partial charge is 0.238 e. The maximum atomic E-state index is 12.1. The van der Waals surface area contributed by atoms with Gasteiger partial charge in [-0.3, -0.25) is 9.69 Å². The van der Waals surface area contributed by atoms with Gasteiger partial charge in [0.2, 0.25) is 5.91 Å².